The van der Waals surface area contributed by atoms with Crippen molar-refractivity contribution in [3.8, 4) is 11.4 Å². The van der Waals surface area contributed by atoms with Crippen LogP contribution in [0.5, 0.6) is 5.75 Å². The highest BCUT2D eigenvalue weighted by molar-refractivity contribution is 5.78. The molecule has 1 aliphatic heterocycles. The molecule has 1 amide bonds. The largest absolute Gasteiger partial charge is 0.484 e. The monoisotopic (exact) mass is 392 g/mol. The van der Waals surface area contributed by atoms with Gasteiger partial charge in [0.1, 0.15) is 5.75 Å². The summed E-state index contributed by atoms with van der Waals surface area (Å²) in [7, 11) is 0. The average Bonchev–Trinajstić information content (AvgIpc) is 3.28. The van der Waals surface area contributed by atoms with Crippen LogP contribution in [-0.4, -0.2) is 63.8 Å². The minimum absolute atomic E-state index is 0.00753. The van der Waals surface area contributed by atoms with Crippen molar-refractivity contribution in [1.82, 2.24) is 25.1 Å². The van der Waals surface area contributed by atoms with Gasteiger partial charge in [-0.2, -0.15) is 4.68 Å². The van der Waals surface area contributed by atoms with E-state index in [-0.39, 0.29) is 12.5 Å². The summed E-state index contributed by atoms with van der Waals surface area (Å²) in [6, 6.07) is 17.7. The highest BCUT2D eigenvalue weighted by Crippen LogP contribution is 2.17. The molecule has 150 valence electrons. The van der Waals surface area contributed by atoms with Crippen molar-refractivity contribution in [2.75, 3.05) is 37.7 Å². The lowest BCUT2D eigenvalue weighted by Gasteiger charge is -2.34. The van der Waals surface area contributed by atoms with E-state index in [0.717, 1.165) is 17.9 Å². The van der Waals surface area contributed by atoms with Crippen molar-refractivity contribution in [2.45, 2.75) is 13.3 Å². The van der Waals surface area contributed by atoms with Crippen molar-refractivity contribution < 1.29 is 9.53 Å². The number of benzene rings is 2. The third-order valence-corrected chi connectivity index (χ3v) is 5.06. The van der Waals surface area contributed by atoms with Crippen LogP contribution in [0, 0.1) is 0 Å². The molecular formula is C21H24N6O2. The molecule has 0 aliphatic carbocycles. The van der Waals surface area contributed by atoms with Gasteiger partial charge >= 0.3 is 0 Å². The van der Waals surface area contributed by atoms with E-state index in [1.54, 1.807) is 4.68 Å². The Bertz CT molecular complexity index is 933. The van der Waals surface area contributed by atoms with Crippen molar-refractivity contribution in [2.24, 2.45) is 0 Å². The van der Waals surface area contributed by atoms with E-state index < -0.39 is 0 Å². The number of aromatic nitrogens is 4. The third-order valence-electron chi connectivity index (χ3n) is 5.06. The Hall–Kier alpha value is -3.42. The predicted octanol–water partition coefficient (Wildman–Crippen LogP) is 1.95. The number of ether oxygens (including phenoxy) is 1. The van der Waals surface area contributed by atoms with E-state index >= 15 is 0 Å². The van der Waals surface area contributed by atoms with Crippen LogP contribution < -0.4 is 9.64 Å². The molecule has 8 heteroatoms. The van der Waals surface area contributed by atoms with Crippen LogP contribution in [0.15, 0.2) is 54.6 Å². The molecule has 1 fully saturated rings. The van der Waals surface area contributed by atoms with Crippen molar-refractivity contribution >= 4 is 11.9 Å². The van der Waals surface area contributed by atoms with Gasteiger partial charge in [-0.05, 0) is 46.7 Å². The van der Waals surface area contributed by atoms with Gasteiger partial charge in [-0.25, -0.2) is 0 Å². The zero-order valence-electron chi connectivity index (χ0n) is 16.4. The number of hydrogen-bond acceptors (Lipinski definition) is 6. The molecule has 29 heavy (non-hydrogen) atoms. The summed E-state index contributed by atoms with van der Waals surface area (Å²) in [4.78, 5) is 16.4. The van der Waals surface area contributed by atoms with Crippen LogP contribution in [-0.2, 0) is 11.2 Å². The Balaban J connectivity index is 1.31. The number of aryl methyl sites for hydroxylation is 1. The zero-order chi connectivity index (χ0) is 20.1. The minimum atomic E-state index is -0.00753. The second kappa shape index (κ2) is 8.72. The fraction of sp³-hybridized carbons (Fsp3) is 0.333. The first kappa shape index (κ1) is 18.9. The third kappa shape index (κ3) is 4.37. The minimum Gasteiger partial charge on any atom is -0.484 e. The standard InChI is InChI=1S/C21H24N6O2/c1-2-17-8-10-19(11-9-17)29-16-20(28)25-12-14-26(15-13-25)21-22-23-24-27(21)18-6-4-3-5-7-18/h3-11H,2,12-16H2,1H3. The van der Waals surface area contributed by atoms with Gasteiger partial charge in [-0.3, -0.25) is 4.79 Å². The predicted molar refractivity (Wildman–Crippen MR) is 109 cm³/mol. The number of nitrogens with zero attached hydrogens (tertiary/aromatic N) is 6. The quantitative estimate of drug-likeness (QED) is 0.638. The molecule has 1 saturated heterocycles. The number of rotatable bonds is 6. The fourth-order valence-electron chi connectivity index (χ4n) is 3.33. The molecule has 0 unspecified atom stereocenters. The van der Waals surface area contributed by atoms with Gasteiger partial charge in [0.05, 0.1) is 5.69 Å². The first-order chi connectivity index (χ1) is 14.2. The van der Waals surface area contributed by atoms with Crippen molar-refractivity contribution in [3.63, 3.8) is 0 Å². The number of para-hydroxylation sites is 1. The van der Waals surface area contributed by atoms with E-state index in [0.29, 0.717) is 32.1 Å². The molecule has 0 saturated carbocycles. The van der Waals surface area contributed by atoms with Crippen molar-refractivity contribution in [3.05, 3.63) is 60.2 Å². The van der Waals surface area contributed by atoms with E-state index in [9.17, 15) is 4.79 Å². The fourth-order valence-corrected chi connectivity index (χ4v) is 3.33. The molecule has 0 radical (unpaired) electrons. The van der Waals surface area contributed by atoms with Crippen LogP contribution in [0.3, 0.4) is 0 Å². The number of hydrogen-bond donors (Lipinski definition) is 0. The molecule has 0 spiro atoms. The second-order valence-corrected chi connectivity index (χ2v) is 6.88. The number of carbonyl (C=O) groups excluding carboxylic acids is 1. The Kier molecular flexibility index (Phi) is 5.69. The number of piperazine rings is 1. The van der Waals surface area contributed by atoms with Crippen LogP contribution in [0.1, 0.15) is 12.5 Å². The summed E-state index contributed by atoms with van der Waals surface area (Å²) in [6.07, 6.45) is 0.983. The molecule has 2 heterocycles. The van der Waals surface area contributed by atoms with E-state index in [2.05, 4.69) is 27.3 Å². The van der Waals surface area contributed by atoms with E-state index in [1.165, 1.54) is 5.56 Å². The molecular weight excluding hydrogens is 368 g/mol. The summed E-state index contributed by atoms with van der Waals surface area (Å²) < 4.78 is 7.38. The van der Waals surface area contributed by atoms with Gasteiger partial charge in [0.15, 0.2) is 6.61 Å². The summed E-state index contributed by atoms with van der Waals surface area (Å²) in [5.74, 6) is 1.40. The molecule has 1 aliphatic rings. The molecule has 0 N–H and O–H groups in total. The maximum Gasteiger partial charge on any atom is 0.260 e. The van der Waals surface area contributed by atoms with Gasteiger partial charge in [0.25, 0.3) is 5.91 Å². The van der Waals surface area contributed by atoms with E-state index in [4.69, 9.17) is 4.74 Å². The van der Waals surface area contributed by atoms with Gasteiger partial charge in [-0.1, -0.05) is 42.4 Å². The van der Waals surface area contributed by atoms with Crippen LogP contribution >= 0.6 is 0 Å². The van der Waals surface area contributed by atoms with E-state index in [1.807, 2.05) is 59.5 Å². The maximum absolute atomic E-state index is 12.5. The van der Waals surface area contributed by atoms with Gasteiger partial charge < -0.3 is 14.5 Å². The molecule has 3 aromatic rings. The highest BCUT2D eigenvalue weighted by atomic mass is 16.5. The van der Waals surface area contributed by atoms with Gasteiger partial charge in [0, 0.05) is 26.2 Å². The number of carbonyl (C=O) groups is 1. The first-order valence-corrected chi connectivity index (χ1v) is 9.83. The summed E-state index contributed by atoms with van der Waals surface area (Å²) >= 11 is 0. The van der Waals surface area contributed by atoms with Crippen LogP contribution in [0.4, 0.5) is 5.95 Å². The highest BCUT2D eigenvalue weighted by Gasteiger charge is 2.25. The average molecular weight is 392 g/mol. The Morgan fingerprint density at radius 1 is 1.00 bits per heavy atom. The van der Waals surface area contributed by atoms with Crippen LogP contribution in [0.25, 0.3) is 5.69 Å². The maximum atomic E-state index is 12.5. The summed E-state index contributed by atoms with van der Waals surface area (Å²) in [5, 5.41) is 12.1. The number of amides is 1. The zero-order valence-corrected chi connectivity index (χ0v) is 16.4. The first-order valence-electron chi connectivity index (χ1n) is 9.83. The van der Waals surface area contributed by atoms with Crippen molar-refractivity contribution in [1.29, 1.82) is 0 Å². The number of anilines is 1. The smallest absolute Gasteiger partial charge is 0.260 e. The Morgan fingerprint density at radius 2 is 1.72 bits per heavy atom. The molecule has 1 aromatic heterocycles. The molecule has 0 bridgehead atoms. The normalized spacial score (nSPS) is 14.1. The Morgan fingerprint density at radius 3 is 2.41 bits per heavy atom. The summed E-state index contributed by atoms with van der Waals surface area (Å²) in [6.45, 7) is 4.72. The van der Waals surface area contributed by atoms with Crippen LogP contribution in [0.2, 0.25) is 0 Å². The molecule has 8 nitrogen and oxygen atoms in total. The molecule has 4 rings (SSSR count). The lowest BCUT2D eigenvalue weighted by atomic mass is 10.2. The second-order valence-electron chi connectivity index (χ2n) is 6.88. The topological polar surface area (TPSA) is 76.4 Å². The summed E-state index contributed by atoms with van der Waals surface area (Å²) in [5.41, 5.74) is 2.16. The Labute approximate surface area is 169 Å². The molecule has 2 aromatic carbocycles. The lowest BCUT2D eigenvalue weighted by Crippen LogP contribution is -2.50. The number of tetrazole rings is 1. The van der Waals surface area contributed by atoms with Gasteiger partial charge in [-0.15, -0.1) is 0 Å². The SMILES string of the molecule is CCc1ccc(OCC(=O)N2CCN(c3nnnn3-c3ccccc3)CC2)cc1. The van der Waals surface area contributed by atoms with Gasteiger partial charge in [0.2, 0.25) is 5.95 Å². The lowest BCUT2D eigenvalue weighted by molar-refractivity contribution is -0.133. The molecule has 0 atom stereocenters.